The molecule has 0 aromatic heterocycles. The number of nitrogens with zero attached hydrogens (tertiary/aromatic N) is 2. The second kappa shape index (κ2) is 9.83. The van der Waals surface area contributed by atoms with E-state index in [4.69, 9.17) is 14.5 Å². The monoisotopic (exact) mass is 374 g/mol. The van der Waals surface area contributed by atoms with Gasteiger partial charge in [0.15, 0.2) is 5.96 Å². The second-order valence-corrected chi connectivity index (χ2v) is 7.47. The highest BCUT2D eigenvalue weighted by Gasteiger charge is 2.33. The van der Waals surface area contributed by atoms with Crippen molar-refractivity contribution in [3.8, 4) is 11.5 Å². The van der Waals surface area contributed by atoms with Gasteiger partial charge in [-0.05, 0) is 50.7 Å². The zero-order valence-electron chi connectivity index (χ0n) is 17.0. The molecule has 0 atom stereocenters. The summed E-state index contributed by atoms with van der Waals surface area (Å²) in [4.78, 5) is 7.40. The highest BCUT2D eigenvalue weighted by atomic mass is 16.5. The van der Waals surface area contributed by atoms with Gasteiger partial charge in [-0.2, -0.15) is 0 Å². The third kappa shape index (κ3) is 6.31. The van der Waals surface area contributed by atoms with Gasteiger partial charge in [0.1, 0.15) is 11.5 Å². The Morgan fingerprint density at radius 3 is 2.59 bits per heavy atom. The molecule has 0 bridgehead atoms. The average molecular weight is 375 g/mol. The van der Waals surface area contributed by atoms with Crippen molar-refractivity contribution in [2.24, 2.45) is 10.9 Å². The fourth-order valence-electron chi connectivity index (χ4n) is 3.30. The van der Waals surface area contributed by atoms with E-state index in [1.165, 1.54) is 32.2 Å². The standard InChI is InChI=1S/C21H34N4O2/c1-4-22-21(23-11-12-25(18-8-9-18)15-16-5-6-16)24-14-17-7-10-19(26-2)13-20(17)27-3/h7,10,13,16,18H,4-6,8-9,11-12,14-15H2,1-3H3,(H2,22,23,24). The lowest BCUT2D eigenvalue weighted by molar-refractivity contribution is 0.256. The van der Waals surface area contributed by atoms with Crippen LogP contribution in [0.5, 0.6) is 11.5 Å². The summed E-state index contributed by atoms with van der Waals surface area (Å²) in [6.07, 6.45) is 5.59. The van der Waals surface area contributed by atoms with E-state index < -0.39 is 0 Å². The van der Waals surface area contributed by atoms with Crippen LogP contribution in [0.15, 0.2) is 23.2 Å². The Morgan fingerprint density at radius 2 is 1.96 bits per heavy atom. The molecule has 2 saturated carbocycles. The molecule has 0 amide bonds. The van der Waals surface area contributed by atoms with Crippen LogP contribution < -0.4 is 20.1 Å². The first-order chi connectivity index (χ1) is 13.2. The van der Waals surface area contributed by atoms with E-state index in [2.05, 4.69) is 22.5 Å². The van der Waals surface area contributed by atoms with Crippen LogP contribution in [0.3, 0.4) is 0 Å². The number of hydrogen-bond donors (Lipinski definition) is 2. The quantitative estimate of drug-likeness (QED) is 0.461. The van der Waals surface area contributed by atoms with E-state index in [1.807, 2.05) is 18.2 Å². The maximum Gasteiger partial charge on any atom is 0.191 e. The van der Waals surface area contributed by atoms with Crippen molar-refractivity contribution in [2.75, 3.05) is 40.4 Å². The van der Waals surface area contributed by atoms with E-state index in [0.717, 1.165) is 54.6 Å². The average Bonchev–Trinajstić information content (AvgIpc) is 3.58. The largest absolute Gasteiger partial charge is 0.497 e. The Hall–Kier alpha value is -1.95. The summed E-state index contributed by atoms with van der Waals surface area (Å²) in [6, 6.07) is 6.68. The molecule has 0 unspecified atom stereocenters. The molecule has 0 heterocycles. The van der Waals surface area contributed by atoms with Gasteiger partial charge in [-0.25, -0.2) is 4.99 Å². The highest BCUT2D eigenvalue weighted by molar-refractivity contribution is 5.79. The van der Waals surface area contributed by atoms with Crippen LogP contribution in [-0.2, 0) is 6.54 Å². The molecule has 1 aromatic carbocycles. The van der Waals surface area contributed by atoms with Gasteiger partial charge in [-0.15, -0.1) is 0 Å². The summed E-state index contributed by atoms with van der Waals surface area (Å²) in [5.74, 6) is 3.41. The van der Waals surface area contributed by atoms with Gasteiger partial charge >= 0.3 is 0 Å². The smallest absolute Gasteiger partial charge is 0.191 e. The van der Waals surface area contributed by atoms with Crippen LogP contribution in [-0.4, -0.2) is 57.3 Å². The van der Waals surface area contributed by atoms with Crippen molar-refractivity contribution in [1.29, 1.82) is 0 Å². The Balaban J connectivity index is 1.52. The number of benzene rings is 1. The predicted molar refractivity (Wildman–Crippen MR) is 110 cm³/mol. The molecule has 2 fully saturated rings. The third-order valence-corrected chi connectivity index (χ3v) is 5.19. The summed E-state index contributed by atoms with van der Waals surface area (Å²) in [5, 5.41) is 6.83. The normalized spacial score (nSPS) is 17.1. The molecule has 27 heavy (non-hydrogen) atoms. The van der Waals surface area contributed by atoms with Gasteiger partial charge in [-0.3, -0.25) is 4.90 Å². The molecule has 0 aliphatic heterocycles. The fraction of sp³-hybridized carbons (Fsp3) is 0.667. The predicted octanol–water partition coefficient (Wildman–Crippen LogP) is 2.63. The molecule has 1 aromatic rings. The lowest BCUT2D eigenvalue weighted by Gasteiger charge is -2.22. The SMILES string of the molecule is CCNC(=NCc1ccc(OC)cc1OC)NCCN(CC1CC1)C1CC1. The number of rotatable bonds is 11. The topological polar surface area (TPSA) is 58.1 Å². The molecule has 2 N–H and O–H groups in total. The maximum absolute atomic E-state index is 5.47. The minimum Gasteiger partial charge on any atom is -0.497 e. The number of guanidine groups is 1. The van der Waals surface area contributed by atoms with E-state index in [-0.39, 0.29) is 0 Å². The molecular weight excluding hydrogens is 340 g/mol. The number of ether oxygens (including phenoxy) is 2. The number of aliphatic imine (C=N–C) groups is 1. The van der Waals surface area contributed by atoms with E-state index in [1.54, 1.807) is 14.2 Å². The molecule has 0 spiro atoms. The Labute approximate surface area is 163 Å². The molecule has 150 valence electrons. The first-order valence-corrected chi connectivity index (χ1v) is 10.2. The lowest BCUT2D eigenvalue weighted by Crippen LogP contribution is -2.42. The third-order valence-electron chi connectivity index (χ3n) is 5.19. The van der Waals surface area contributed by atoms with E-state index in [0.29, 0.717) is 6.54 Å². The van der Waals surface area contributed by atoms with Crippen molar-refractivity contribution >= 4 is 5.96 Å². The zero-order chi connectivity index (χ0) is 19.1. The Kier molecular flexibility index (Phi) is 7.21. The van der Waals surface area contributed by atoms with Crippen LogP contribution in [0.1, 0.15) is 38.2 Å². The molecule has 3 rings (SSSR count). The van der Waals surface area contributed by atoms with Gasteiger partial charge in [0.25, 0.3) is 0 Å². The van der Waals surface area contributed by atoms with Crippen molar-refractivity contribution < 1.29 is 9.47 Å². The molecule has 2 aliphatic rings. The number of methoxy groups -OCH3 is 2. The fourth-order valence-corrected chi connectivity index (χ4v) is 3.30. The van der Waals surface area contributed by atoms with Crippen LogP contribution >= 0.6 is 0 Å². The van der Waals surface area contributed by atoms with Gasteiger partial charge in [-0.1, -0.05) is 0 Å². The van der Waals surface area contributed by atoms with Gasteiger partial charge in [0.2, 0.25) is 0 Å². The van der Waals surface area contributed by atoms with E-state index >= 15 is 0 Å². The Morgan fingerprint density at radius 1 is 1.15 bits per heavy atom. The minimum atomic E-state index is 0.566. The summed E-state index contributed by atoms with van der Waals surface area (Å²) in [7, 11) is 3.34. The van der Waals surface area contributed by atoms with Gasteiger partial charge < -0.3 is 20.1 Å². The van der Waals surface area contributed by atoms with Crippen LogP contribution in [0.4, 0.5) is 0 Å². The first-order valence-electron chi connectivity index (χ1n) is 10.2. The summed E-state index contributed by atoms with van der Waals surface area (Å²) in [6.45, 7) is 6.81. The van der Waals surface area contributed by atoms with Gasteiger partial charge in [0.05, 0.1) is 20.8 Å². The molecule has 2 aliphatic carbocycles. The Bertz CT molecular complexity index is 627. The lowest BCUT2D eigenvalue weighted by atomic mass is 10.2. The van der Waals surface area contributed by atoms with E-state index in [9.17, 15) is 0 Å². The summed E-state index contributed by atoms with van der Waals surface area (Å²) >= 11 is 0. The summed E-state index contributed by atoms with van der Waals surface area (Å²) in [5.41, 5.74) is 1.05. The van der Waals surface area contributed by atoms with Crippen LogP contribution in [0.25, 0.3) is 0 Å². The van der Waals surface area contributed by atoms with Crippen LogP contribution in [0, 0.1) is 5.92 Å². The summed E-state index contributed by atoms with van der Waals surface area (Å²) < 4.78 is 10.7. The van der Waals surface area contributed by atoms with Crippen molar-refractivity contribution in [1.82, 2.24) is 15.5 Å². The number of nitrogens with one attached hydrogen (secondary N) is 2. The highest BCUT2D eigenvalue weighted by Crippen LogP contribution is 2.34. The number of hydrogen-bond acceptors (Lipinski definition) is 4. The zero-order valence-corrected chi connectivity index (χ0v) is 17.0. The van der Waals surface area contributed by atoms with Crippen molar-refractivity contribution in [3.05, 3.63) is 23.8 Å². The minimum absolute atomic E-state index is 0.566. The first kappa shape index (κ1) is 19.8. The van der Waals surface area contributed by atoms with Crippen molar-refractivity contribution in [3.63, 3.8) is 0 Å². The molecule has 6 heteroatoms. The van der Waals surface area contributed by atoms with Gasteiger partial charge in [0, 0.05) is 43.9 Å². The van der Waals surface area contributed by atoms with Crippen molar-refractivity contribution in [2.45, 2.75) is 45.2 Å². The maximum atomic E-state index is 5.47. The molecular formula is C21H34N4O2. The van der Waals surface area contributed by atoms with Crippen LogP contribution in [0.2, 0.25) is 0 Å². The molecule has 0 saturated heterocycles. The second-order valence-electron chi connectivity index (χ2n) is 7.47. The molecule has 0 radical (unpaired) electrons. The molecule has 6 nitrogen and oxygen atoms in total.